The lowest BCUT2D eigenvalue weighted by Gasteiger charge is -2.10. The first-order valence-corrected chi connectivity index (χ1v) is 35.6. The van der Waals surface area contributed by atoms with E-state index in [1.54, 1.807) is 78.9 Å². The summed E-state index contributed by atoms with van der Waals surface area (Å²) in [5.41, 5.74) is 8.78. The van der Waals surface area contributed by atoms with E-state index in [0.29, 0.717) is 122 Å². The highest BCUT2D eigenvalue weighted by atomic mass is 35.5. The van der Waals surface area contributed by atoms with Crippen molar-refractivity contribution in [1.29, 1.82) is 0 Å². The minimum atomic E-state index is -1.17. The van der Waals surface area contributed by atoms with Gasteiger partial charge >= 0.3 is 29.8 Å². The zero-order valence-corrected chi connectivity index (χ0v) is 65.0. The Kier molecular flexibility index (Phi) is 26.3. The Hall–Kier alpha value is -12.5. The number of carbonyl (C=O) groups excluding carboxylic acids is 5. The Morgan fingerprint density at radius 3 is 1.23 bits per heavy atom. The first kappa shape index (κ1) is 82.0. The van der Waals surface area contributed by atoms with Crippen LogP contribution in [0.5, 0.6) is 0 Å². The molecule has 112 heavy (non-hydrogen) atoms. The highest BCUT2D eigenvalue weighted by Gasteiger charge is 2.24. The van der Waals surface area contributed by atoms with Gasteiger partial charge in [-0.3, -0.25) is 19.4 Å². The summed E-state index contributed by atoms with van der Waals surface area (Å²) in [5.74, 6) is -2.21. The summed E-state index contributed by atoms with van der Waals surface area (Å²) in [6.45, 7) is 20.4. The van der Waals surface area contributed by atoms with Crippen molar-refractivity contribution in [3.8, 4) is 34.4 Å². The number of aryl methyl sites for hydroxylation is 8. The SMILES string of the molecule is CCOC(=O)c1cc(=O)c2cc(C)cc(C(=O)O)c2[nH]1.CCOC(=O)c1cc(Cl)c2cc(C)cc(-c3nnc(C)o3)c2n1.CCOC(=O)c1cc(Cl)c2cc(C)cc(C(=O)Cl)c2n1.Cc1cc(-c2nnc(C)o2)c2nc(C(=O)NCc3ccccn3)cc(Cl)c2c1.Cc1cc(-c2nnc(C)o2)c2nc(C(=O)O)cc(Cl)c2c1. The molecular formula is C78H64Cl5N13O16. The van der Waals surface area contributed by atoms with Crippen LogP contribution in [0.1, 0.15) is 145 Å². The topological polar surface area (TPSA) is 414 Å². The Balaban J connectivity index is 0.000000150. The van der Waals surface area contributed by atoms with Crippen LogP contribution in [-0.4, -0.2) is 132 Å². The van der Waals surface area contributed by atoms with Crippen LogP contribution in [0.2, 0.25) is 20.1 Å². The fourth-order valence-corrected chi connectivity index (χ4v) is 12.3. The normalized spacial score (nSPS) is 10.8. The second kappa shape index (κ2) is 35.9. The molecule has 0 bridgehead atoms. The van der Waals surface area contributed by atoms with E-state index in [9.17, 15) is 43.5 Å². The number of nitrogens with one attached hydrogen (secondary N) is 2. The van der Waals surface area contributed by atoms with Crippen LogP contribution in [0.3, 0.4) is 0 Å². The molecule has 0 aliphatic carbocycles. The molecule has 0 saturated carbocycles. The van der Waals surface area contributed by atoms with Gasteiger partial charge in [0.2, 0.25) is 35.3 Å². The molecule has 9 aromatic heterocycles. The summed E-state index contributed by atoms with van der Waals surface area (Å²) < 4.78 is 31.2. The summed E-state index contributed by atoms with van der Waals surface area (Å²) in [7, 11) is 0. The number of hydrogen-bond acceptors (Lipinski definition) is 25. The first-order valence-electron chi connectivity index (χ1n) is 33.7. The molecule has 0 atom stereocenters. The van der Waals surface area contributed by atoms with Gasteiger partial charge in [-0.1, -0.05) is 52.5 Å². The quantitative estimate of drug-likeness (QED) is 0.0421. The third kappa shape index (κ3) is 19.4. The molecule has 5 aromatic carbocycles. The van der Waals surface area contributed by atoms with Gasteiger partial charge < -0.3 is 48.0 Å². The molecule has 34 heteroatoms. The Bertz CT molecular complexity index is 6130. The van der Waals surface area contributed by atoms with Crippen LogP contribution in [0, 0.1) is 55.4 Å². The molecule has 29 nitrogen and oxygen atoms in total. The van der Waals surface area contributed by atoms with Crippen molar-refractivity contribution in [3.63, 3.8) is 0 Å². The van der Waals surface area contributed by atoms with Gasteiger partial charge in [-0.05, 0) is 192 Å². The highest BCUT2D eigenvalue weighted by Crippen LogP contribution is 2.37. The second-order valence-corrected chi connectivity index (χ2v) is 26.5. The van der Waals surface area contributed by atoms with Gasteiger partial charge in [0.1, 0.15) is 17.1 Å². The van der Waals surface area contributed by atoms with Gasteiger partial charge in [0.05, 0.1) is 108 Å². The van der Waals surface area contributed by atoms with E-state index in [4.69, 9.17) is 90.6 Å². The number of carboxylic acid groups (broad SMARTS) is 2. The average molecular weight is 1620 g/mol. The number of benzene rings is 5. The van der Waals surface area contributed by atoms with Crippen molar-refractivity contribution in [2.24, 2.45) is 0 Å². The van der Waals surface area contributed by atoms with Gasteiger partial charge in [0.25, 0.3) is 11.1 Å². The number of hydrogen-bond donors (Lipinski definition) is 4. The molecule has 0 saturated heterocycles. The summed E-state index contributed by atoms with van der Waals surface area (Å²) in [4.78, 5) is 118. The molecule has 4 N–H and O–H groups in total. The predicted octanol–water partition coefficient (Wildman–Crippen LogP) is 16.3. The number of carboxylic acids is 2. The molecule has 14 aromatic rings. The Labute approximate surface area is 660 Å². The maximum Gasteiger partial charge on any atom is 0.356 e. The van der Waals surface area contributed by atoms with Crippen LogP contribution in [-0.2, 0) is 20.8 Å². The number of aromatic nitrogens is 12. The third-order valence-corrected chi connectivity index (χ3v) is 17.4. The summed E-state index contributed by atoms with van der Waals surface area (Å²) >= 11 is 30.7. The molecule has 0 aliphatic rings. The predicted molar refractivity (Wildman–Crippen MR) is 417 cm³/mol. The van der Waals surface area contributed by atoms with Gasteiger partial charge in [-0.25, -0.2) is 43.9 Å². The van der Waals surface area contributed by atoms with Crippen LogP contribution in [0.25, 0.3) is 88.9 Å². The van der Waals surface area contributed by atoms with Crippen molar-refractivity contribution in [3.05, 3.63) is 236 Å². The molecule has 0 unspecified atom stereocenters. The number of halogens is 5. The summed E-state index contributed by atoms with van der Waals surface area (Å²) in [6.07, 6.45) is 1.67. The van der Waals surface area contributed by atoms with Gasteiger partial charge in [0, 0.05) is 60.0 Å². The number of carbonyl (C=O) groups is 7. The Morgan fingerprint density at radius 1 is 0.446 bits per heavy atom. The maximum atomic E-state index is 12.6. The summed E-state index contributed by atoms with van der Waals surface area (Å²) in [6, 6.07) is 30.0. The molecule has 0 fully saturated rings. The van der Waals surface area contributed by atoms with E-state index in [1.807, 2.05) is 82.3 Å². The van der Waals surface area contributed by atoms with Crippen LogP contribution < -0.4 is 10.7 Å². The van der Waals surface area contributed by atoms with Crippen molar-refractivity contribution in [1.82, 2.24) is 65.8 Å². The fourth-order valence-electron chi connectivity index (χ4n) is 11.2. The number of nitrogens with zero attached hydrogens (tertiary/aromatic N) is 11. The molecule has 14 rings (SSSR count). The van der Waals surface area contributed by atoms with Crippen LogP contribution in [0.4, 0.5) is 0 Å². The van der Waals surface area contributed by atoms with E-state index in [2.05, 4.69) is 65.8 Å². The first-order chi connectivity index (χ1) is 53.3. The smallest absolute Gasteiger partial charge is 0.356 e. The maximum absolute atomic E-state index is 12.6. The number of amides is 1. The number of aromatic carboxylic acids is 2. The largest absolute Gasteiger partial charge is 0.478 e. The van der Waals surface area contributed by atoms with Crippen LogP contribution >= 0.6 is 58.0 Å². The number of H-pyrrole nitrogens is 1. The molecule has 0 spiro atoms. The number of ether oxygens (including phenoxy) is 3. The van der Waals surface area contributed by atoms with E-state index in [0.717, 1.165) is 34.0 Å². The van der Waals surface area contributed by atoms with Crippen LogP contribution in [0.15, 0.2) is 133 Å². The van der Waals surface area contributed by atoms with Gasteiger partial charge in [-0.2, -0.15) is 0 Å². The average Bonchev–Trinajstić information content (AvgIpc) is 1.36. The van der Waals surface area contributed by atoms with Crippen molar-refractivity contribution >= 4 is 154 Å². The van der Waals surface area contributed by atoms with Crippen molar-refractivity contribution in [2.75, 3.05) is 19.8 Å². The Morgan fingerprint density at radius 2 is 0.830 bits per heavy atom. The third-order valence-electron chi connectivity index (χ3n) is 15.9. The standard InChI is InChI=1S/C20H16ClN5O2.C16H14ClN3O3.C14H11Cl2NO3.C14H10ClN3O3.C14H13NO5/c1-11-7-14-16(21)9-17(19(27)23-10-13-5-3-4-6-22-13)24-18(14)15(8-11)20-26-25-12(2)28-20;1-4-22-16(21)13-7-12(17)10-5-8(2)6-11(14(10)18-13)15-20-19-9(3)23-15;1-3-20-14(19)11-6-10(15)8-4-7(2)5-9(13(16)18)12(8)17-11;1-6-3-8-10(15)5-11(14(19)20)16-12(8)9(4-6)13-18-17-7(2)21-13;1-3-20-14(19)10-6-11(16)8-4-7(2)5-9(13(17)18)12(8)15-10/h3-9H,10H2,1-2H3,(H,23,27);5-7H,4H2,1-3H3;4-6H,3H2,1-2H3;3-5H,1-2H3,(H,19,20);4-6H,3H2,1-2H3,(H,15,16)(H,17,18). The molecule has 0 radical (unpaired) electrons. The van der Waals surface area contributed by atoms with Gasteiger partial charge in [0.15, 0.2) is 16.8 Å². The van der Waals surface area contributed by atoms with E-state index >= 15 is 0 Å². The second-order valence-electron chi connectivity index (χ2n) is 24.5. The zero-order valence-electron chi connectivity index (χ0n) is 61.2. The van der Waals surface area contributed by atoms with Crippen molar-refractivity contribution < 1.29 is 71.2 Å². The minimum Gasteiger partial charge on any atom is -0.478 e. The van der Waals surface area contributed by atoms with Crippen molar-refractivity contribution in [2.45, 2.75) is 82.7 Å². The molecule has 1 amide bonds. The number of esters is 3. The lowest BCUT2D eigenvalue weighted by atomic mass is 10.0. The number of pyridine rings is 6. The lowest BCUT2D eigenvalue weighted by Crippen LogP contribution is -2.24. The lowest BCUT2D eigenvalue weighted by molar-refractivity contribution is 0.0510. The minimum absolute atomic E-state index is 0.0485. The van der Waals surface area contributed by atoms with E-state index < -0.39 is 40.5 Å². The molecular weight excluding hydrogens is 1550 g/mol. The molecule has 0 aliphatic heterocycles. The number of aromatic amines is 1. The fraction of sp³-hybridized carbons (Fsp3) is 0.192. The zero-order chi connectivity index (χ0) is 81.1. The summed E-state index contributed by atoms with van der Waals surface area (Å²) in [5, 5.41) is 48.4. The number of fused-ring (bicyclic) bond motifs is 5. The molecule has 9 heterocycles. The van der Waals surface area contributed by atoms with Gasteiger partial charge in [-0.15, -0.1) is 30.6 Å². The molecule has 572 valence electrons. The van der Waals surface area contributed by atoms with E-state index in [-0.39, 0.29) is 82.1 Å². The van der Waals surface area contributed by atoms with E-state index in [1.165, 1.54) is 24.3 Å². The highest BCUT2D eigenvalue weighted by molar-refractivity contribution is 6.68. The monoisotopic (exact) mass is 1610 g/mol. The number of rotatable bonds is 15.